The van der Waals surface area contributed by atoms with Crippen LogP contribution in [0, 0.1) is 5.82 Å². The lowest BCUT2D eigenvalue weighted by Crippen LogP contribution is -2.36. The molecule has 1 saturated heterocycles. The number of nitrogens with zero attached hydrogens (tertiary/aromatic N) is 3. The highest BCUT2D eigenvalue weighted by Gasteiger charge is 2.32. The van der Waals surface area contributed by atoms with Crippen LogP contribution in [-0.4, -0.2) is 35.9 Å². The Labute approximate surface area is 204 Å². The predicted octanol–water partition coefficient (Wildman–Crippen LogP) is 4.41. The molecule has 1 atom stereocenters. The van der Waals surface area contributed by atoms with Gasteiger partial charge in [-0.25, -0.2) is 4.39 Å². The number of hydrogen-bond acceptors (Lipinski definition) is 5. The van der Waals surface area contributed by atoms with Gasteiger partial charge in [-0.15, -0.1) is 0 Å². The van der Waals surface area contributed by atoms with Crippen molar-refractivity contribution in [2.75, 3.05) is 23.0 Å². The Morgan fingerprint density at radius 2 is 1.69 bits per heavy atom. The van der Waals surface area contributed by atoms with E-state index in [1.54, 1.807) is 6.07 Å². The van der Waals surface area contributed by atoms with Crippen molar-refractivity contribution in [3.8, 4) is 0 Å². The van der Waals surface area contributed by atoms with Crippen LogP contribution in [-0.2, 0) is 11.3 Å². The molecule has 180 valence electrons. The Bertz CT molecular complexity index is 1190. The molecular weight excluding hydrogens is 443 g/mol. The predicted molar refractivity (Wildman–Crippen MR) is 136 cm³/mol. The zero-order chi connectivity index (χ0) is 24.2. The molecule has 35 heavy (non-hydrogen) atoms. The van der Waals surface area contributed by atoms with Gasteiger partial charge in [-0.3, -0.25) is 9.80 Å². The second-order valence-electron chi connectivity index (χ2n) is 9.04. The third-order valence-corrected chi connectivity index (χ3v) is 6.65. The first-order valence-corrected chi connectivity index (χ1v) is 12.0. The number of aliphatic hydroxyl groups excluding tert-OH is 1. The third kappa shape index (κ3) is 5.20. The summed E-state index contributed by atoms with van der Waals surface area (Å²) in [5.74, 6) is -0.565. The van der Waals surface area contributed by atoms with Gasteiger partial charge in [0, 0.05) is 26.1 Å². The maximum absolute atomic E-state index is 14.8. The zero-order valence-corrected chi connectivity index (χ0v) is 19.5. The molecule has 1 fully saturated rings. The van der Waals surface area contributed by atoms with Gasteiger partial charge in [0.1, 0.15) is 11.5 Å². The molecule has 7 heteroatoms. The molecule has 3 aromatic carbocycles. The van der Waals surface area contributed by atoms with E-state index in [1.165, 1.54) is 6.07 Å². The van der Waals surface area contributed by atoms with Crippen molar-refractivity contribution >= 4 is 23.0 Å². The lowest BCUT2D eigenvalue weighted by molar-refractivity contribution is -0.115. The van der Waals surface area contributed by atoms with Gasteiger partial charge in [0.05, 0.1) is 23.5 Å². The fourth-order valence-electron chi connectivity index (χ4n) is 4.71. The zero-order valence-electron chi connectivity index (χ0n) is 19.5. The van der Waals surface area contributed by atoms with E-state index in [2.05, 4.69) is 10.4 Å². The van der Waals surface area contributed by atoms with Crippen LogP contribution in [0.25, 0.3) is 0 Å². The Balaban J connectivity index is 1.27. The van der Waals surface area contributed by atoms with Crippen molar-refractivity contribution < 1.29 is 14.3 Å². The van der Waals surface area contributed by atoms with Crippen LogP contribution >= 0.6 is 0 Å². The largest absolute Gasteiger partial charge is 0.393 e. The van der Waals surface area contributed by atoms with Gasteiger partial charge in [-0.2, -0.15) is 5.10 Å². The molecule has 0 spiro atoms. The summed E-state index contributed by atoms with van der Waals surface area (Å²) >= 11 is 0. The first-order valence-electron chi connectivity index (χ1n) is 12.0. The Kier molecular flexibility index (Phi) is 6.77. The number of piperidine rings is 1. The highest BCUT2D eigenvalue weighted by Crippen LogP contribution is 2.35. The van der Waals surface area contributed by atoms with Crippen LogP contribution in [0.5, 0.6) is 0 Å². The van der Waals surface area contributed by atoms with Crippen molar-refractivity contribution in [2.45, 2.75) is 38.0 Å². The lowest BCUT2D eigenvalue weighted by atomic mass is 10.0. The molecule has 1 unspecified atom stereocenters. The fraction of sp³-hybridized carbons (Fsp3) is 0.286. The Morgan fingerprint density at radius 3 is 2.37 bits per heavy atom. The molecule has 0 saturated carbocycles. The van der Waals surface area contributed by atoms with Gasteiger partial charge >= 0.3 is 0 Å². The molecule has 2 heterocycles. The monoisotopic (exact) mass is 472 g/mol. The topological polar surface area (TPSA) is 68.2 Å². The number of amides is 1. The molecule has 5 rings (SSSR count). The molecule has 0 radical (unpaired) electrons. The molecule has 3 aromatic rings. The fourth-order valence-corrected chi connectivity index (χ4v) is 4.71. The smallest absolute Gasteiger partial charge is 0.267 e. The normalized spacial score (nSPS) is 18.5. The minimum atomic E-state index is -0.314. The summed E-state index contributed by atoms with van der Waals surface area (Å²) < 4.78 is 14.8. The maximum Gasteiger partial charge on any atom is 0.267 e. The molecule has 0 aromatic heterocycles. The number of aliphatic hydroxyl groups is 1. The van der Waals surface area contributed by atoms with E-state index in [4.69, 9.17) is 0 Å². The molecule has 2 aliphatic heterocycles. The summed E-state index contributed by atoms with van der Waals surface area (Å²) in [5, 5.41) is 19.2. The average Bonchev–Trinajstić information content (AvgIpc) is 3.35. The van der Waals surface area contributed by atoms with Gasteiger partial charge in [-0.05, 0) is 48.2 Å². The number of hydrazone groups is 1. The van der Waals surface area contributed by atoms with Crippen molar-refractivity contribution in [3.63, 3.8) is 0 Å². The van der Waals surface area contributed by atoms with Crippen molar-refractivity contribution in [1.29, 1.82) is 0 Å². The molecule has 2 aliphatic rings. The van der Waals surface area contributed by atoms with Gasteiger partial charge in [0.25, 0.3) is 5.91 Å². The quantitative estimate of drug-likeness (QED) is 0.558. The highest BCUT2D eigenvalue weighted by molar-refractivity contribution is 6.39. The van der Waals surface area contributed by atoms with Crippen LogP contribution in [0.1, 0.15) is 36.4 Å². The van der Waals surface area contributed by atoms with E-state index in [1.807, 2.05) is 76.6 Å². The minimum absolute atomic E-state index is 0.0702. The van der Waals surface area contributed by atoms with E-state index in [-0.39, 0.29) is 30.4 Å². The SMILES string of the molecule is O=C(NCc1ccc(N2CCC(O)CC2)c(F)c1)C1=NN(c2ccccc2)C(c2ccccc2)C1. The van der Waals surface area contributed by atoms with Crippen LogP contribution in [0.2, 0.25) is 0 Å². The molecule has 1 amide bonds. The lowest BCUT2D eigenvalue weighted by Gasteiger charge is -2.31. The van der Waals surface area contributed by atoms with Crippen molar-refractivity contribution in [3.05, 3.63) is 95.8 Å². The molecule has 6 nitrogen and oxygen atoms in total. The summed E-state index contributed by atoms with van der Waals surface area (Å²) in [7, 11) is 0. The van der Waals surface area contributed by atoms with E-state index < -0.39 is 0 Å². The molecule has 0 aliphatic carbocycles. The summed E-state index contributed by atoms with van der Waals surface area (Å²) in [5.41, 5.74) is 3.69. The number of halogens is 1. The number of rotatable bonds is 6. The van der Waals surface area contributed by atoms with Crippen LogP contribution in [0.4, 0.5) is 15.8 Å². The van der Waals surface area contributed by atoms with Gasteiger partial charge in [0.2, 0.25) is 0 Å². The van der Waals surface area contributed by atoms with Crippen molar-refractivity contribution in [2.24, 2.45) is 5.10 Å². The van der Waals surface area contributed by atoms with E-state index in [0.717, 1.165) is 11.3 Å². The number of carbonyl (C=O) groups is 1. The molecule has 2 N–H and O–H groups in total. The third-order valence-electron chi connectivity index (χ3n) is 6.65. The van der Waals surface area contributed by atoms with Crippen LogP contribution in [0.3, 0.4) is 0 Å². The molecular formula is C28H29FN4O2. The van der Waals surface area contributed by atoms with Gasteiger partial charge in [0.15, 0.2) is 0 Å². The second kappa shape index (κ2) is 10.3. The molecule has 0 bridgehead atoms. The number of hydrogen-bond donors (Lipinski definition) is 2. The van der Waals surface area contributed by atoms with E-state index in [9.17, 15) is 14.3 Å². The second-order valence-corrected chi connectivity index (χ2v) is 9.04. The van der Waals surface area contributed by atoms with Crippen LogP contribution < -0.4 is 15.2 Å². The van der Waals surface area contributed by atoms with E-state index >= 15 is 0 Å². The maximum atomic E-state index is 14.8. The first-order chi connectivity index (χ1) is 17.1. The Morgan fingerprint density at radius 1 is 1.00 bits per heavy atom. The summed E-state index contributed by atoms with van der Waals surface area (Å²) in [6.45, 7) is 1.48. The standard InChI is InChI=1S/C28H29FN4O2/c29-24-17-20(11-12-26(24)32-15-13-23(34)14-16-32)19-30-28(35)25-18-27(21-7-3-1-4-8-21)33(31-25)22-9-5-2-6-10-22/h1-12,17,23,27,34H,13-16,18-19H2,(H,30,35). The number of anilines is 2. The summed E-state index contributed by atoms with van der Waals surface area (Å²) in [6, 6.07) is 24.8. The van der Waals surface area contributed by atoms with E-state index in [0.29, 0.717) is 49.3 Å². The number of benzene rings is 3. The van der Waals surface area contributed by atoms with Crippen molar-refractivity contribution in [1.82, 2.24) is 5.32 Å². The van der Waals surface area contributed by atoms with Crippen LogP contribution in [0.15, 0.2) is 84.0 Å². The average molecular weight is 473 g/mol. The number of para-hydroxylation sites is 1. The van der Waals surface area contributed by atoms with Gasteiger partial charge in [-0.1, -0.05) is 54.6 Å². The highest BCUT2D eigenvalue weighted by atomic mass is 19.1. The Hall–Kier alpha value is -3.71. The summed E-state index contributed by atoms with van der Waals surface area (Å²) in [6.07, 6.45) is 1.47. The summed E-state index contributed by atoms with van der Waals surface area (Å²) in [4.78, 5) is 15.0. The first kappa shape index (κ1) is 23.1. The number of carbonyl (C=O) groups excluding carboxylic acids is 1. The minimum Gasteiger partial charge on any atom is -0.393 e. The van der Waals surface area contributed by atoms with Gasteiger partial charge < -0.3 is 15.3 Å². The number of nitrogens with one attached hydrogen (secondary N) is 1.